The Hall–Kier alpha value is -4.12. The molecule has 8 nitrogen and oxygen atoms in total. The van der Waals surface area contributed by atoms with Crippen LogP contribution in [0.25, 0.3) is 11.4 Å². The van der Waals surface area contributed by atoms with Crippen LogP contribution < -0.4 is 0 Å². The van der Waals surface area contributed by atoms with Crippen LogP contribution in [0.1, 0.15) is 46.3 Å². The number of nitriles is 1. The molecule has 0 saturated carbocycles. The Labute approximate surface area is 203 Å². The zero-order chi connectivity index (χ0) is 24.9. The molecule has 0 radical (unpaired) electrons. The van der Waals surface area contributed by atoms with E-state index in [0.717, 1.165) is 34.6 Å². The highest BCUT2D eigenvalue weighted by atomic mass is 16.5. The Morgan fingerprint density at radius 1 is 1.26 bits per heavy atom. The summed E-state index contributed by atoms with van der Waals surface area (Å²) in [6.07, 6.45) is 6.75. The molecule has 0 fully saturated rings. The van der Waals surface area contributed by atoms with E-state index >= 15 is 0 Å². The van der Waals surface area contributed by atoms with Crippen molar-refractivity contribution < 1.29 is 14.3 Å². The minimum atomic E-state index is -0.818. The lowest BCUT2D eigenvalue weighted by Gasteiger charge is -2.48. The average molecular weight is 468 g/mol. The second-order valence-corrected chi connectivity index (χ2v) is 9.24. The topological polar surface area (TPSA) is 111 Å². The number of benzene rings is 1. The highest BCUT2D eigenvalue weighted by molar-refractivity contribution is 6.02. The molecule has 2 aliphatic rings. The van der Waals surface area contributed by atoms with Crippen LogP contribution in [-0.4, -0.2) is 38.4 Å². The number of Topliss-reactive ketones (excluding diaryl/α,β-unsaturated/α-hetero) is 1. The molecule has 3 aromatic rings. The van der Waals surface area contributed by atoms with Crippen molar-refractivity contribution in [3.63, 3.8) is 0 Å². The third-order valence-electron chi connectivity index (χ3n) is 7.42. The fraction of sp³-hybridized carbons (Fsp3) is 0.333. The van der Waals surface area contributed by atoms with Crippen LogP contribution >= 0.6 is 0 Å². The van der Waals surface area contributed by atoms with Crippen LogP contribution in [0.5, 0.6) is 0 Å². The van der Waals surface area contributed by atoms with Crippen LogP contribution in [0.3, 0.4) is 0 Å². The van der Waals surface area contributed by atoms with Crippen LogP contribution in [0.2, 0.25) is 0 Å². The SMILES string of the molecule is COC(=O)c1ccc(C23C=C(C#N)C(=O)[C@@H](C)[C@@H]2CCc2c(-c4cncn4C)nc(C)nc23)cc1. The summed E-state index contributed by atoms with van der Waals surface area (Å²) < 4.78 is 6.79. The van der Waals surface area contributed by atoms with Crippen molar-refractivity contribution in [2.45, 2.75) is 32.1 Å². The van der Waals surface area contributed by atoms with Gasteiger partial charge in [-0.2, -0.15) is 5.26 Å². The van der Waals surface area contributed by atoms with Gasteiger partial charge in [-0.1, -0.05) is 19.1 Å². The molecule has 3 atom stereocenters. The molecule has 2 aliphatic carbocycles. The van der Waals surface area contributed by atoms with Crippen molar-refractivity contribution in [3.05, 3.63) is 76.6 Å². The standard InChI is InChI=1S/C27H25N5O3/c1-15-21-10-9-20-23(22-13-29-14-32(22)3)30-16(2)31-25(20)27(21,11-18(12-28)24(15)33)19-7-5-17(6-8-19)26(34)35-4/h5-8,11,13-15,21H,9-10H2,1-4H3/t15-,21-,27?/m0/s1. The van der Waals surface area contributed by atoms with E-state index in [0.29, 0.717) is 17.8 Å². The lowest BCUT2D eigenvalue weighted by molar-refractivity contribution is -0.121. The first-order valence-corrected chi connectivity index (χ1v) is 11.5. The number of carbonyl (C=O) groups excluding carboxylic acids is 2. The number of hydrogen-bond donors (Lipinski definition) is 0. The lowest BCUT2D eigenvalue weighted by atomic mass is 9.54. The van der Waals surface area contributed by atoms with Gasteiger partial charge in [-0.15, -0.1) is 0 Å². The minimum absolute atomic E-state index is 0.0998. The monoisotopic (exact) mass is 467 g/mol. The third kappa shape index (κ3) is 3.30. The van der Waals surface area contributed by atoms with E-state index in [1.165, 1.54) is 7.11 Å². The Morgan fingerprint density at radius 3 is 2.63 bits per heavy atom. The summed E-state index contributed by atoms with van der Waals surface area (Å²) in [5.41, 5.74) is 4.10. The largest absolute Gasteiger partial charge is 0.465 e. The zero-order valence-electron chi connectivity index (χ0n) is 20.1. The van der Waals surface area contributed by atoms with E-state index in [1.54, 1.807) is 30.7 Å². The van der Waals surface area contributed by atoms with E-state index in [9.17, 15) is 14.9 Å². The molecule has 1 aromatic carbocycles. The maximum atomic E-state index is 13.0. The number of imidazole rings is 1. The van der Waals surface area contributed by atoms with Gasteiger partial charge in [0.05, 0.1) is 53.3 Å². The molecule has 0 amide bonds. The van der Waals surface area contributed by atoms with Crippen molar-refractivity contribution in [1.82, 2.24) is 19.5 Å². The predicted molar refractivity (Wildman–Crippen MR) is 127 cm³/mol. The second kappa shape index (κ2) is 8.27. The molecule has 35 heavy (non-hydrogen) atoms. The number of ether oxygens (including phenoxy) is 1. The number of aromatic nitrogens is 4. The molecule has 0 aliphatic heterocycles. The molecule has 1 unspecified atom stereocenters. The quantitative estimate of drug-likeness (QED) is 0.542. The van der Waals surface area contributed by atoms with Crippen molar-refractivity contribution in [2.24, 2.45) is 18.9 Å². The van der Waals surface area contributed by atoms with E-state index < -0.39 is 11.4 Å². The van der Waals surface area contributed by atoms with Gasteiger partial charge in [-0.05, 0) is 49.5 Å². The Bertz CT molecular complexity index is 1430. The van der Waals surface area contributed by atoms with E-state index in [4.69, 9.17) is 14.7 Å². The van der Waals surface area contributed by atoms with Crippen molar-refractivity contribution in [1.29, 1.82) is 5.26 Å². The van der Waals surface area contributed by atoms with Gasteiger partial charge in [0.1, 0.15) is 11.9 Å². The molecule has 0 saturated heterocycles. The summed E-state index contributed by atoms with van der Waals surface area (Å²) in [4.78, 5) is 39.1. The predicted octanol–water partition coefficient (Wildman–Crippen LogP) is 3.49. The van der Waals surface area contributed by atoms with Crippen LogP contribution in [0, 0.1) is 30.1 Å². The van der Waals surface area contributed by atoms with Gasteiger partial charge in [0.25, 0.3) is 0 Å². The molecular formula is C27H25N5O3. The molecular weight excluding hydrogens is 442 g/mol. The number of hydrogen-bond acceptors (Lipinski definition) is 7. The summed E-state index contributed by atoms with van der Waals surface area (Å²) in [6.45, 7) is 3.75. The van der Waals surface area contributed by atoms with E-state index in [2.05, 4.69) is 11.1 Å². The summed E-state index contributed by atoms with van der Waals surface area (Å²) in [7, 11) is 3.27. The van der Waals surface area contributed by atoms with Gasteiger partial charge >= 0.3 is 5.97 Å². The summed E-state index contributed by atoms with van der Waals surface area (Å²) in [5.74, 6) is -0.425. The fourth-order valence-corrected chi connectivity index (χ4v) is 5.74. The molecule has 0 bridgehead atoms. The summed E-state index contributed by atoms with van der Waals surface area (Å²) in [5, 5.41) is 9.88. The van der Waals surface area contributed by atoms with Gasteiger partial charge in [0.15, 0.2) is 5.78 Å². The molecule has 2 heterocycles. The minimum Gasteiger partial charge on any atom is -0.465 e. The van der Waals surface area contributed by atoms with Crippen LogP contribution in [-0.2, 0) is 28.4 Å². The van der Waals surface area contributed by atoms with Gasteiger partial charge in [-0.25, -0.2) is 19.7 Å². The number of esters is 1. The van der Waals surface area contributed by atoms with E-state index in [-0.39, 0.29) is 23.2 Å². The van der Waals surface area contributed by atoms with Crippen LogP contribution in [0.15, 0.2) is 48.4 Å². The van der Waals surface area contributed by atoms with Gasteiger partial charge in [0, 0.05) is 18.5 Å². The highest BCUT2D eigenvalue weighted by Gasteiger charge is 2.53. The number of allylic oxidation sites excluding steroid dienone is 2. The second-order valence-electron chi connectivity index (χ2n) is 9.24. The van der Waals surface area contributed by atoms with Crippen molar-refractivity contribution >= 4 is 11.8 Å². The number of fused-ring (bicyclic) bond motifs is 3. The average Bonchev–Trinajstić information content (AvgIpc) is 3.30. The van der Waals surface area contributed by atoms with E-state index in [1.807, 2.05) is 37.6 Å². The van der Waals surface area contributed by atoms with Gasteiger partial charge in [0.2, 0.25) is 0 Å². The maximum absolute atomic E-state index is 13.0. The van der Waals surface area contributed by atoms with Gasteiger partial charge < -0.3 is 9.30 Å². The first-order chi connectivity index (χ1) is 16.8. The Kier molecular flexibility index (Phi) is 5.36. The highest BCUT2D eigenvalue weighted by Crippen LogP contribution is 2.54. The van der Waals surface area contributed by atoms with Crippen molar-refractivity contribution in [2.75, 3.05) is 7.11 Å². The number of ketones is 1. The smallest absolute Gasteiger partial charge is 0.337 e. The number of aryl methyl sites for hydroxylation is 2. The summed E-state index contributed by atoms with van der Waals surface area (Å²) in [6, 6.07) is 9.33. The Morgan fingerprint density at radius 2 is 2.00 bits per heavy atom. The molecule has 176 valence electrons. The first kappa shape index (κ1) is 22.7. The zero-order valence-corrected chi connectivity index (χ0v) is 20.1. The fourth-order valence-electron chi connectivity index (χ4n) is 5.74. The Balaban J connectivity index is 1.84. The normalized spacial score (nSPS) is 23.1. The molecule has 8 heteroatoms. The molecule has 0 spiro atoms. The molecule has 0 N–H and O–H groups in total. The van der Waals surface area contributed by atoms with Crippen molar-refractivity contribution in [3.8, 4) is 17.5 Å². The molecule has 5 rings (SSSR count). The van der Waals surface area contributed by atoms with Gasteiger partial charge in [-0.3, -0.25) is 4.79 Å². The lowest BCUT2D eigenvalue weighted by Crippen LogP contribution is -2.48. The van der Waals surface area contributed by atoms with Crippen LogP contribution in [0.4, 0.5) is 0 Å². The number of rotatable bonds is 3. The maximum Gasteiger partial charge on any atom is 0.337 e. The first-order valence-electron chi connectivity index (χ1n) is 11.5. The molecule has 2 aromatic heterocycles. The third-order valence-corrected chi connectivity index (χ3v) is 7.42. The number of nitrogens with zero attached hydrogens (tertiary/aromatic N) is 5. The number of methoxy groups -OCH3 is 1. The summed E-state index contributed by atoms with van der Waals surface area (Å²) >= 11 is 0. The number of carbonyl (C=O) groups is 2.